The second kappa shape index (κ2) is 10.3. The molecule has 2 aromatic carbocycles. The molecule has 198 valence electrons. The number of likely N-dealkylation sites (tertiary alicyclic amines) is 1. The van der Waals surface area contributed by atoms with E-state index in [0.717, 1.165) is 23.3 Å². The van der Waals surface area contributed by atoms with E-state index < -0.39 is 17.6 Å². The maximum absolute atomic E-state index is 14.4. The third-order valence-electron chi connectivity index (χ3n) is 6.87. The number of rotatable bonds is 4. The van der Waals surface area contributed by atoms with E-state index in [0.29, 0.717) is 56.6 Å². The first kappa shape index (κ1) is 25.5. The van der Waals surface area contributed by atoms with Crippen LogP contribution in [0.1, 0.15) is 23.1 Å². The lowest BCUT2D eigenvalue weighted by molar-refractivity contribution is -0.138. The summed E-state index contributed by atoms with van der Waals surface area (Å²) in [6.07, 6.45) is -1.97. The number of hydrogen-bond acceptors (Lipinski definition) is 4. The molecule has 1 fully saturated rings. The van der Waals surface area contributed by atoms with Crippen LogP contribution < -0.4 is 10.6 Å². The number of benzene rings is 2. The molecule has 3 aromatic rings. The van der Waals surface area contributed by atoms with Gasteiger partial charge in [0.05, 0.1) is 17.2 Å². The molecule has 0 spiro atoms. The second-order valence-electron chi connectivity index (χ2n) is 9.35. The highest BCUT2D eigenvalue weighted by Gasteiger charge is 2.35. The van der Waals surface area contributed by atoms with Crippen LogP contribution in [0, 0.1) is 11.7 Å². The van der Waals surface area contributed by atoms with Gasteiger partial charge in [-0.2, -0.15) is 13.2 Å². The van der Waals surface area contributed by atoms with Crippen LogP contribution in [0.25, 0.3) is 0 Å². The zero-order chi connectivity index (χ0) is 26.9. The molecule has 0 saturated carbocycles. The van der Waals surface area contributed by atoms with Gasteiger partial charge in [-0.3, -0.25) is 10.1 Å². The van der Waals surface area contributed by atoms with E-state index >= 15 is 0 Å². The van der Waals surface area contributed by atoms with Gasteiger partial charge in [0.15, 0.2) is 0 Å². The Labute approximate surface area is 216 Å². The third-order valence-corrected chi connectivity index (χ3v) is 6.87. The maximum atomic E-state index is 14.4. The molecular weight excluding hydrogens is 502 g/mol. The van der Waals surface area contributed by atoms with Gasteiger partial charge in [-0.25, -0.2) is 14.2 Å². The van der Waals surface area contributed by atoms with Crippen molar-refractivity contribution in [1.82, 2.24) is 14.8 Å². The summed E-state index contributed by atoms with van der Waals surface area (Å²) in [4.78, 5) is 33.3. The Hall–Kier alpha value is -4.15. The Morgan fingerprint density at radius 3 is 2.55 bits per heavy atom. The van der Waals surface area contributed by atoms with Crippen LogP contribution in [0.15, 0.2) is 60.8 Å². The molecule has 0 radical (unpaired) electrons. The highest BCUT2D eigenvalue weighted by molar-refractivity contribution is 5.89. The van der Waals surface area contributed by atoms with Crippen molar-refractivity contribution in [2.75, 3.05) is 30.3 Å². The zero-order valence-electron chi connectivity index (χ0n) is 20.3. The lowest BCUT2D eigenvalue weighted by atomic mass is 9.96. The van der Waals surface area contributed by atoms with Gasteiger partial charge in [0.25, 0.3) is 0 Å². The summed E-state index contributed by atoms with van der Waals surface area (Å²) in [5.41, 5.74) is 1.25. The van der Waals surface area contributed by atoms with E-state index in [1.165, 1.54) is 0 Å². The van der Waals surface area contributed by atoms with Crippen molar-refractivity contribution in [1.29, 1.82) is 0 Å². The Morgan fingerprint density at radius 1 is 0.974 bits per heavy atom. The number of nitrogens with one attached hydrogen (secondary N) is 2. The average Bonchev–Trinajstić information content (AvgIpc) is 3.40. The molecule has 3 heterocycles. The van der Waals surface area contributed by atoms with E-state index in [4.69, 9.17) is 0 Å². The van der Waals surface area contributed by atoms with Crippen molar-refractivity contribution in [2.24, 2.45) is 5.92 Å². The predicted octanol–water partition coefficient (Wildman–Crippen LogP) is 5.42. The fraction of sp³-hybridized carbons (Fsp3) is 0.296. The number of aromatic nitrogens is 1. The van der Waals surface area contributed by atoms with E-state index in [1.54, 1.807) is 46.3 Å². The number of alkyl halides is 3. The molecule has 2 aliphatic heterocycles. The number of carbonyl (C=O) groups is 2. The largest absolute Gasteiger partial charge is 0.416 e. The number of pyridine rings is 1. The van der Waals surface area contributed by atoms with E-state index in [-0.39, 0.29) is 23.5 Å². The van der Waals surface area contributed by atoms with Gasteiger partial charge in [-0.1, -0.05) is 18.2 Å². The number of anilines is 3. The molecule has 0 bridgehead atoms. The Morgan fingerprint density at radius 2 is 1.82 bits per heavy atom. The van der Waals surface area contributed by atoms with Gasteiger partial charge in [0, 0.05) is 38.1 Å². The quantitative estimate of drug-likeness (QED) is 0.444. The highest BCUT2D eigenvalue weighted by atomic mass is 19.4. The van der Waals surface area contributed by atoms with Crippen LogP contribution in [0.3, 0.4) is 0 Å². The molecule has 2 N–H and O–H groups in total. The normalized spacial score (nSPS) is 17.2. The highest BCUT2D eigenvalue weighted by Crippen LogP contribution is 2.34. The number of urea groups is 1. The molecular formula is C27H25F4N5O2. The molecule has 1 unspecified atom stereocenters. The Balaban J connectivity index is 1.22. The summed E-state index contributed by atoms with van der Waals surface area (Å²) in [7, 11) is 0. The molecule has 11 heteroatoms. The topological polar surface area (TPSA) is 77.6 Å². The lowest BCUT2D eigenvalue weighted by Gasteiger charge is -2.32. The Kier molecular flexibility index (Phi) is 6.92. The second-order valence-corrected chi connectivity index (χ2v) is 9.35. The van der Waals surface area contributed by atoms with Gasteiger partial charge in [0.2, 0.25) is 5.91 Å². The molecule has 38 heavy (non-hydrogen) atoms. The summed E-state index contributed by atoms with van der Waals surface area (Å²) in [5.74, 6) is -0.895. The maximum Gasteiger partial charge on any atom is 0.416 e. The van der Waals surface area contributed by atoms with Crippen LogP contribution in [0.4, 0.5) is 39.5 Å². The first-order valence-electron chi connectivity index (χ1n) is 12.2. The predicted molar refractivity (Wildman–Crippen MR) is 133 cm³/mol. The van der Waals surface area contributed by atoms with Gasteiger partial charge in [-0.05, 0) is 60.4 Å². The molecule has 3 amide bonds. The molecule has 2 aliphatic rings. The van der Waals surface area contributed by atoms with Crippen molar-refractivity contribution in [3.63, 3.8) is 0 Å². The Bertz CT molecular complexity index is 1350. The van der Waals surface area contributed by atoms with Crippen LogP contribution in [0.5, 0.6) is 0 Å². The number of hydrogen-bond donors (Lipinski definition) is 2. The summed E-state index contributed by atoms with van der Waals surface area (Å²) >= 11 is 0. The minimum atomic E-state index is -4.62. The number of nitrogens with zero attached hydrogens (tertiary/aromatic N) is 3. The van der Waals surface area contributed by atoms with Crippen molar-refractivity contribution in [3.8, 4) is 0 Å². The minimum Gasteiger partial charge on any atom is -0.353 e. The van der Waals surface area contributed by atoms with Gasteiger partial charge in [0.1, 0.15) is 11.6 Å². The van der Waals surface area contributed by atoms with Gasteiger partial charge in [-0.15, -0.1) is 0 Å². The van der Waals surface area contributed by atoms with Gasteiger partial charge < -0.3 is 15.1 Å². The number of fused-ring (bicyclic) bond motifs is 1. The first-order chi connectivity index (χ1) is 18.2. The van der Waals surface area contributed by atoms with Crippen LogP contribution >= 0.6 is 0 Å². The van der Waals surface area contributed by atoms with Crippen LogP contribution in [0.2, 0.25) is 0 Å². The molecule has 1 aromatic heterocycles. The fourth-order valence-corrected chi connectivity index (χ4v) is 4.88. The van der Waals surface area contributed by atoms with E-state index in [9.17, 15) is 27.2 Å². The monoisotopic (exact) mass is 527 g/mol. The number of carbonyl (C=O) groups excluding carboxylic acids is 2. The molecule has 1 atom stereocenters. The fourth-order valence-electron chi connectivity index (χ4n) is 4.88. The molecule has 5 rings (SSSR count). The first-order valence-corrected chi connectivity index (χ1v) is 12.2. The zero-order valence-corrected chi connectivity index (χ0v) is 20.3. The molecule has 0 aliphatic carbocycles. The summed E-state index contributed by atoms with van der Waals surface area (Å²) < 4.78 is 53.0. The smallest absolute Gasteiger partial charge is 0.353 e. The number of amides is 3. The summed E-state index contributed by atoms with van der Waals surface area (Å²) in [5, 5.41) is 5.65. The van der Waals surface area contributed by atoms with Crippen LogP contribution in [-0.2, 0) is 23.9 Å². The van der Waals surface area contributed by atoms with Crippen LogP contribution in [-0.4, -0.2) is 46.4 Å². The average molecular weight is 528 g/mol. The standard InChI is InChI=1S/C27H25F4N5O2/c28-21-14-19(27(29,30)31)7-8-23(21)33-22-5-3-4-17-15-35(13-10-20(17)22)25(37)18-9-12-36(16-18)26(38)34-24-6-1-2-11-32-24/h1-8,11,14,18,33H,9-10,12-13,15-16H2,(H,32,34,38). The van der Waals surface area contributed by atoms with Crippen molar-refractivity contribution >= 4 is 29.1 Å². The summed E-state index contributed by atoms with van der Waals surface area (Å²) in [6, 6.07) is 12.7. The molecule has 1 saturated heterocycles. The summed E-state index contributed by atoms with van der Waals surface area (Å²) in [6.45, 7) is 1.58. The van der Waals surface area contributed by atoms with Crippen molar-refractivity contribution in [2.45, 2.75) is 25.6 Å². The molecule has 7 nitrogen and oxygen atoms in total. The third kappa shape index (κ3) is 5.41. The van der Waals surface area contributed by atoms with E-state index in [2.05, 4.69) is 15.6 Å². The van der Waals surface area contributed by atoms with Crippen molar-refractivity contribution in [3.05, 3.63) is 83.3 Å². The van der Waals surface area contributed by atoms with Gasteiger partial charge >= 0.3 is 12.2 Å². The minimum absolute atomic E-state index is 0.0315. The SMILES string of the molecule is O=C(Nc1ccccn1)N1CCC(C(=O)N2CCc3c(cccc3Nc3ccc(C(F)(F)F)cc3F)C2)C1. The lowest BCUT2D eigenvalue weighted by Crippen LogP contribution is -2.41. The van der Waals surface area contributed by atoms with E-state index in [1.807, 2.05) is 6.07 Å². The number of halogens is 4. The van der Waals surface area contributed by atoms with Crippen molar-refractivity contribution < 1.29 is 27.2 Å².